The van der Waals surface area contributed by atoms with E-state index in [1.54, 1.807) is 36.4 Å². The predicted octanol–water partition coefficient (Wildman–Crippen LogP) is 3.58. The second-order valence-electron chi connectivity index (χ2n) is 7.04. The molecule has 0 radical (unpaired) electrons. The van der Waals surface area contributed by atoms with Crippen molar-refractivity contribution in [3.63, 3.8) is 0 Å². The molecule has 0 saturated heterocycles. The Morgan fingerprint density at radius 1 is 0.844 bits per heavy atom. The van der Waals surface area contributed by atoms with E-state index >= 15 is 0 Å². The predicted molar refractivity (Wildman–Crippen MR) is 119 cm³/mol. The molecule has 0 spiro atoms. The second kappa shape index (κ2) is 13.7. The van der Waals surface area contributed by atoms with Gasteiger partial charge in [-0.1, -0.05) is 37.6 Å². The van der Waals surface area contributed by atoms with Gasteiger partial charge in [-0.25, -0.2) is 4.79 Å². The van der Waals surface area contributed by atoms with Crippen molar-refractivity contribution in [2.45, 2.75) is 39.3 Å². The molecule has 0 fully saturated rings. The van der Waals surface area contributed by atoms with Crippen LogP contribution in [-0.4, -0.2) is 38.3 Å². The Morgan fingerprint density at radius 3 is 2.09 bits per heavy atom. The number of carbonyl (C=O) groups is 3. The number of hydrogen-bond donors (Lipinski definition) is 2. The quantitative estimate of drug-likeness (QED) is 0.385. The van der Waals surface area contributed by atoms with Crippen molar-refractivity contribution in [1.82, 2.24) is 10.6 Å². The number of carbonyl (C=O) groups excluding carboxylic acids is 3. The molecule has 2 aromatic rings. The number of benzene rings is 2. The molecule has 0 bridgehead atoms. The molecule has 0 saturated carbocycles. The lowest BCUT2D eigenvalue weighted by molar-refractivity contribution is -0.141. The fourth-order valence-corrected chi connectivity index (χ4v) is 2.65. The van der Waals surface area contributed by atoms with Crippen molar-refractivity contribution in [2.75, 3.05) is 20.3 Å². The van der Waals surface area contributed by atoms with E-state index in [4.69, 9.17) is 9.47 Å². The maximum absolute atomic E-state index is 12.4. The van der Waals surface area contributed by atoms with Gasteiger partial charge in [-0.3, -0.25) is 9.59 Å². The molecule has 0 aromatic heterocycles. The maximum atomic E-state index is 12.4. The largest absolute Gasteiger partial charge is 0.493 e. The van der Waals surface area contributed by atoms with Gasteiger partial charge in [0.2, 0.25) is 0 Å². The van der Waals surface area contributed by atoms with E-state index in [1.807, 2.05) is 19.1 Å². The van der Waals surface area contributed by atoms with Crippen LogP contribution in [0.3, 0.4) is 0 Å². The molecule has 2 amide bonds. The van der Waals surface area contributed by atoms with Gasteiger partial charge in [0.05, 0.1) is 26.7 Å². The van der Waals surface area contributed by atoms with Gasteiger partial charge >= 0.3 is 12.1 Å². The SMILES string of the molecule is CCCCOC(=O)NCc1ccc(C(=O)NCc2ccc(OCCC(=O)OC)cc2)cc1. The van der Waals surface area contributed by atoms with Crippen LogP contribution in [0.1, 0.15) is 47.7 Å². The molecule has 0 heterocycles. The Bertz CT molecular complexity index is 865. The molecule has 2 aromatic carbocycles. The number of ether oxygens (including phenoxy) is 3. The van der Waals surface area contributed by atoms with Gasteiger partial charge in [-0.15, -0.1) is 0 Å². The smallest absolute Gasteiger partial charge is 0.407 e. The number of methoxy groups -OCH3 is 1. The average Bonchev–Trinajstić information content (AvgIpc) is 2.82. The Morgan fingerprint density at radius 2 is 1.47 bits per heavy atom. The van der Waals surface area contributed by atoms with Crippen molar-refractivity contribution in [1.29, 1.82) is 0 Å². The van der Waals surface area contributed by atoms with Gasteiger partial charge in [0.15, 0.2) is 0 Å². The van der Waals surface area contributed by atoms with Crippen LogP contribution in [0.15, 0.2) is 48.5 Å². The van der Waals surface area contributed by atoms with Crippen molar-refractivity contribution < 1.29 is 28.6 Å². The second-order valence-corrected chi connectivity index (χ2v) is 7.04. The Kier molecular flexibility index (Phi) is 10.6. The summed E-state index contributed by atoms with van der Waals surface area (Å²) in [7, 11) is 1.34. The van der Waals surface area contributed by atoms with Gasteiger partial charge in [-0.05, 0) is 41.8 Å². The third-order valence-corrected chi connectivity index (χ3v) is 4.56. The van der Waals surface area contributed by atoms with Gasteiger partial charge in [0, 0.05) is 18.7 Å². The van der Waals surface area contributed by atoms with Crippen molar-refractivity contribution >= 4 is 18.0 Å². The molecule has 8 heteroatoms. The first-order valence-corrected chi connectivity index (χ1v) is 10.6. The minimum absolute atomic E-state index is 0.187. The zero-order valence-corrected chi connectivity index (χ0v) is 18.5. The zero-order valence-electron chi connectivity index (χ0n) is 18.5. The normalized spacial score (nSPS) is 10.2. The molecule has 32 heavy (non-hydrogen) atoms. The highest BCUT2D eigenvalue weighted by atomic mass is 16.5. The van der Waals surface area contributed by atoms with Crippen LogP contribution in [-0.2, 0) is 27.4 Å². The fourth-order valence-electron chi connectivity index (χ4n) is 2.65. The molecular formula is C24H30N2O6. The summed E-state index contributed by atoms with van der Waals surface area (Å²) >= 11 is 0. The van der Waals surface area contributed by atoms with Crippen molar-refractivity contribution in [3.05, 3.63) is 65.2 Å². The van der Waals surface area contributed by atoms with Crippen LogP contribution in [0.25, 0.3) is 0 Å². The van der Waals surface area contributed by atoms with Crippen LogP contribution in [0.4, 0.5) is 4.79 Å². The molecule has 0 atom stereocenters. The summed E-state index contributed by atoms with van der Waals surface area (Å²) < 4.78 is 15.1. The number of alkyl carbamates (subject to hydrolysis) is 1. The summed E-state index contributed by atoms with van der Waals surface area (Å²) in [5.74, 6) is 0.128. The molecule has 0 unspecified atom stereocenters. The molecule has 172 valence electrons. The van der Waals surface area contributed by atoms with Crippen LogP contribution in [0.2, 0.25) is 0 Å². The Hall–Kier alpha value is -3.55. The van der Waals surface area contributed by atoms with E-state index in [0.717, 1.165) is 24.0 Å². The summed E-state index contributed by atoms with van der Waals surface area (Å²) in [5, 5.41) is 5.55. The zero-order chi connectivity index (χ0) is 23.2. The molecular weight excluding hydrogens is 412 g/mol. The first-order chi connectivity index (χ1) is 15.5. The van der Waals surface area contributed by atoms with Gasteiger partial charge in [-0.2, -0.15) is 0 Å². The molecule has 0 aliphatic rings. The van der Waals surface area contributed by atoms with E-state index in [1.165, 1.54) is 7.11 Å². The lowest BCUT2D eigenvalue weighted by Crippen LogP contribution is -2.24. The topological polar surface area (TPSA) is 103 Å². The van der Waals surface area contributed by atoms with Crippen LogP contribution in [0.5, 0.6) is 5.75 Å². The summed E-state index contributed by atoms with van der Waals surface area (Å²) in [6, 6.07) is 14.3. The van der Waals surface area contributed by atoms with E-state index in [0.29, 0.717) is 31.0 Å². The molecule has 2 rings (SSSR count). The van der Waals surface area contributed by atoms with Crippen LogP contribution in [0, 0.1) is 0 Å². The minimum atomic E-state index is -0.444. The maximum Gasteiger partial charge on any atom is 0.407 e. The number of hydrogen-bond acceptors (Lipinski definition) is 6. The number of nitrogens with one attached hydrogen (secondary N) is 2. The summed E-state index contributed by atoms with van der Waals surface area (Å²) in [5.41, 5.74) is 2.32. The van der Waals surface area contributed by atoms with E-state index in [2.05, 4.69) is 15.4 Å². The van der Waals surface area contributed by atoms with Gasteiger partial charge in [0.25, 0.3) is 5.91 Å². The number of rotatable bonds is 12. The van der Waals surface area contributed by atoms with Crippen LogP contribution >= 0.6 is 0 Å². The number of unbranched alkanes of at least 4 members (excludes halogenated alkanes) is 1. The molecule has 2 N–H and O–H groups in total. The molecule has 8 nitrogen and oxygen atoms in total. The molecule has 0 aliphatic carbocycles. The first-order valence-electron chi connectivity index (χ1n) is 10.6. The number of amides is 2. The lowest BCUT2D eigenvalue weighted by Gasteiger charge is -2.09. The third-order valence-electron chi connectivity index (χ3n) is 4.56. The van der Waals surface area contributed by atoms with E-state index in [-0.39, 0.29) is 24.9 Å². The minimum Gasteiger partial charge on any atom is -0.493 e. The highest BCUT2D eigenvalue weighted by Gasteiger charge is 2.07. The summed E-state index contributed by atoms with van der Waals surface area (Å²) in [6.07, 6.45) is 1.55. The van der Waals surface area contributed by atoms with Crippen LogP contribution < -0.4 is 15.4 Å². The summed E-state index contributed by atoms with van der Waals surface area (Å²) in [4.78, 5) is 35.0. The number of esters is 1. The van der Waals surface area contributed by atoms with E-state index < -0.39 is 6.09 Å². The van der Waals surface area contributed by atoms with E-state index in [9.17, 15) is 14.4 Å². The van der Waals surface area contributed by atoms with Gasteiger partial charge < -0.3 is 24.8 Å². The fraction of sp³-hybridized carbons (Fsp3) is 0.375. The highest BCUT2D eigenvalue weighted by molar-refractivity contribution is 5.94. The summed E-state index contributed by atoms with van der Waals surface area (Å²) in [6.45, 7) is 3.39. The average molecular weight is 443 g/mol. The van der Waals surface area contributed by atoms with Gasteiger partial charge in [0.1, 0.15) is 5.75 Å². The monoisotopic (exact) mass is 442 g/mol. The molecule has 0 aliphatic heterocycles. The highest BCUT2D eigenvalue weighted by Crippen LogP contribution is 2.13. The lowest BCUT2D eigenvalue weighted by atomic mass is 10.1. The van der Waals surface area contributed by atoms with Crippen molar-refractivity contribution in [2.24, 2.45) is 0 Å². The Balaban J connectivity index is 1.73. The standard InChI is InChI=1S/C24H30N2O6/c1-3-4-14-32-24(29)26-17-18-5-9-20(10-6-18)23(28)25-16-19-7-11-21(12-8-19)31-15-13-22(27)30-2/h5-12H,3-4,13-17H2,1-2H3,(H,25,28)(H,26,29). The first kappa shape index (κ1) is 24.7. The third kappa shape index (κ3) is 9.07. The Labute approximate surface area is 188 Å². The van der Waals surface area contributed by atoms with Crippen molar-refractivity contribution in [3.8, 4) is 5.75 Å².